The van der Waals surface area contributed by atoms with Gasteiger partial charge in [0, 0.05) is 0 Å². The van der Waals surface area contributed by atoms with E-state index in [1.807, 2.05) is 0 Å². The Labute approximate surface area is 98.9 Å². The van der Waals surface area contributed by atoms with Gasteiger partial charge in [0.25, 0.3) is 0 Å². The highest BCUT2D eigenvalue weighted by atomic mass is 14.0. The third-order valence-electron chi connectivity index (χ3n) is 2.58. The molecule has 0 heteroatoms. The third-order valence-corrected chi connectivity index (χ3v) is 2.58. The summed E-state index contributed by atoms with van der Waals surface area (Å²) >= 11 is 0. The van der Waals surface area contributed by atoms with E-state index in [-0.39, 0.29) is 0 Å². The first-order valence-corrected chi connectivity index (χ1v) is 7.22. The summed E-state index contributed by atoms with van der Waals surface area (Å²) in [5.74, 6) is 0.969. The summed E-state index contributed by atoms with van der Waals surface area (Å²) in [5.41, 5.74) is 0. The number of hydrogen-bond acceptors (Lipinski definition) is 0. The summed E-state index contributed by atoms with van der Waals surface area (Å²) in [6, 6.07) is 0. The molecule has 15 heavy (non-hydrogen) atoms. The van der Waals surface area contributed by atoms with Gasteiger partial charge in [-0.15, -0.1) is 0 Å². The van der Waals surface area contributed by atoms with Gasteiger partial charge in [0.1, 0.15) is 0 Å². The zero-order valence-electron chi connectivity index (χ0n) is 11.9. The van der Waals surface area contributed by atoms with E-state index in [9.17, 15) is 0 Å². The Balaban J connectivity index is 0. The average Bonchev–Trinajstić information content (AvgIpc) is 2.19. The van der Waals surface area contributed by atoms with Crippen LogP contribution in [0, 0.1) is 5.92 Å². The summed E-state index contributed by atoms with van der Waals surface area (Å²) < 4.78 is 0. The van der Waals surface area contributed by atoms with Crippen LogP contribution in [-0.2, 0) is 0 Å². The summed E-state index contributed by atoms with van der Waals surface area (Å²) in [7, 11) is 0. The van der Waals surface area contributed by atoms with Crippen molar-refractivity contribution in [3.05, 3.63) is 0 Å². The Morgan fingerprint density at radius 3 is 1.67 bits per heavy atom. The summed E-state index contributed by atoms with van der Waals surface area (Å²) in [6.07, 6.45) is 12.7. The Morgan fingerprint density at radius 1 is 0.667 bits per heavy atom. The van der Waals surface area contributed by atoms with Crippen LogP contribution in [0.4, 0.5) is 0 Å². The molecule has 0 heterocycles. The average molecular weight is 214 g/mol. The Kier molecular flexibility index (Phi) is 19.1. The predicted octanol–water partition coefficient (Wildman–Crippen LogP) is 6.20. The molecule has 0 spiro atoms. The minimum absolute atomic E-state index is 0.969. The topological polar surface area (TPSA) is 0 Å². The van der Waals surface area contributed by atoms with E-state index >= 15 is 0 Å². The van der Waals surface area contributed by atoms with Crippen molar-refractivity contribution in [1.82, 2.24) is 0 Å². The summed E-state index contributed by atoms with van der Waals surface area (Å²) in [6.45, 7) is 11.2. The molecule has 0 aliphatic rings. The van der Waals surface area contributed by atoms with Crippen molar-refractivity contribution in [2.45, 2.75) is 92.4 Å². The van der Waals surface area contributed by atoms with Crippen LogP contribution in [-0.4, -0.2) is 0 Å². The van der Waals surface area contributed by atoms with Gasteiger partial charge < -0.3 is 0 Å². The van der Waals surface area contributed by atoms with Gasteiger partial charge in [-0.25, -0.2) is 0 Å². The van der Waals surface area contributed by atoms with Gasteiger partial charge in [-0.3, -0.25) is 0 Å². The standard InChI is InChI=1S/C12H26.C3H8/c1-4-6-7-8-9-11-12(3)10-5-2;1-3-2/h12H,4-11H2,1-3H3;3H2,1-2H3. The molecule has 0 nitrogen and oxygen atoms in total. The lowest BCUT2D eigenvalue weighted by atomic mass is 9.98. The van der Waals surface area contributed by atoms with Gasteiger partial charge in [-0.05, 0) is 5.92 Å². The lowest BCUT2D eigenvalue weighted by Crippen LogP contribution is -1.93. The van der Waals surface area contributed by atoms with E-state index in [2.05, 4.69) is 34.6 Å². The SMILES string of the molecule is CCC.CCCCCCCC(C)CCC. The lowest BCUT2D eigenvalue weighted by Gasteiger charge is -2.08. The van der Waals surface area contributed by atoms with Gasteiger partial charge in [0.2, 0.25) is 0 Å². The monoisotopic (exact) mass is 214 g/mol. The largest absolute Gasteiger partial charge is 0.0656 e. The maximum absolute atomic E-state index is 2.39. The number of rotatable bonds is 8. The van der Waals surface area contributed by atoms with Crippen LogP contribution in [0.1, 0.15) is 92.4 Å². The minimum atomic E-state index is 0.969. The molecule has 1 unspecified atom stereocenters. The van der Waals surface area contributed by atoms with E-state index in [0.717, 1.165) is 5.92 Å². The molecule has 0 saturated heterocycles. The van der Waals surface area contributed by atoms with Crippen LogP contribution >= 0.6 is 0 Å². The highest BCUT2D eigenvalue weighted by Crippen LogP contribution is 2.15. The summed E-state index contributed by atoms with van der Waals surface area (Å²) in [5, 5.41) is 0. The fourth-order valence-electron chi connectivity index (χ4n) is 1.73. The van der Waals surface area contributed by atoms with Gasteiger partial charge in [0.05, 0.1) is 0 Å². The van der Waals surface area contributed by atoms with E-state index in [4.69, 9.17) is 0 Å². The molecule has 94 valence electrons. The van der Waals surface area contributed by atoms with E-state index in [1.54, 1.807) is 0 Å². The van der Waals surface area contributed by atoms with Crippen molar-refractivity contribution in [2.75, 3.05) is 0 Å². The maximum Gasteiger partial charge on any atom is -0.0443 e. The molecule has 0 fully saturated rings. The molecule has 0 aromatic rings. The zero-order chi connectivity index (χ0) is 11.9. The first kappa shape index (κ1) is 17.4. The third kappa shape index (κ3) is 20.2. The number of hydrogen-bond donors (Lipinski definition) is 0. The van der Waals surface area contributed by atoms with Crippen LogP contribution in [0.25, 0.3) is 0 Å². The van der Waals surface area contributed by atoms with Gasteiger partial charge >= 0.3 is 0 Å². The predicted molar refractivity (Wildman–Crippen MR) is 73.4 cm³/mol. The van der Waals surface area contributed by atoms with E-state index in [1.165, 1.54) is 57.8 Å². The second kappa shape index (κ2) is 16.4. The molecule has 0 amide bonds. The van der Waals surface area contributed by atoms with Gasteiger partial charge in [0.15, 0.2) is 0 Å². The summed E-state index contributed by atoms with van der Waals surface area (Å²) in [4.78, 5) is 0. The molecule has 0 N–H and O–H groups in total. The van der Waals surface area contributed by atoms with Crippen molar-refractivity contribution in [2.24, 2.45) is 5.92 Å². The van der Waals surface area contributed by atoms with Gasteiger partial charge in [-0.1, -0.05) is 92.4 Å². The van der Waals surface area contributed by atoms with Crippen LogP contribution in [0.5, 0.6) is 0 Å². The lowest BCUT2D eigenvalue weighted by molar-refractivity contribution is 0.453. The molecule has 0 aromatic heterocycles. The normalized spacial score (nSPS) is 11.8. The molecule has 1 atom stereocenters. The smallest absolute Gasteiger partial charge is 0.0443 e. The van der Waals surface area contributed by atoms with Crippen molar-refractivity contribution in [1.29, 1.82) is 0 Å². The fraction of sp³-hybridized carbons (Fsp3) is 1.00. The van der Waals surface area contributed by atoms with E-state index < -0.39 is 0 Å². The van der Waals surface area contributed by atoms with Crippen LogP contribution in [0.15, 0.2) is 0 Å². The molecule has 0 saturated carbocycles. The number of unbranched alkanes of at least 4 members (excludes halogenated alkanes) is 4. The Morgan fingerprint density at radius 2 is 1.20 bits per heavy atom. The molecule has 0 aliphatic heterocycles. The molecule has 0 rings (SSSR count). The molecular weight excluding hydrogens is 180 g/mol. The van der Waals surface area contributed by atoms with E-state index in [0.29, 0.717) is 0 Å². The molecule has 0 radical (unpaired) electrons. The Bertz CT molecular complexity index is 86.0. The second-order valence-corrected chi connectivity index (χ2v) is 4.80. The highest BCUT2D eigenvalue weighted by molar-refractivity contribution is 4.52. The quantitative estimate of drug-likeness (QED) is 0.422. The molecule has 0 bridgehead atoms. The van der Waals surface area contributed by atoms with Crippen LogP contribution in [0.2, 0.25) is 0 Å². The fourth-order valence-corrected chi connectivity index (χ4v) is 1.73. The maximum atomic E-state index is 2.39. The van der Waals surface area contributed by atoms with Crippen LogP contribution < -0.4 is 0 Å². The van der Waals surface area contributed by atoms with Crippen molar-refractivity contribution in [3.63, 3.8) is 0 Å². The van der Waals surface area contributed by atoms with Gasteiger partial charge in [-0.2, -0.15) is 0 Å². The minimum Gasteiger partial charge on any atom is -0.0656 e. The molecular formula is C15H34. The first-order valence-electron chi connectivity index (χ1n) is 7.22. The second-order valence-electron chi connectivity index (χ2n) is 4.80. The molecule has 0 aromatic carbocycles. The first-order chi connectivity index (χ1) is 7.22. The zero-order valence-corrected chi connectivity index (χ0v) is 11.9. The van der Waals surface area contributed by atoms with Crippen molar-refractivity contribution < 1.29 is 0 Å². The van der Waals surface area contributed by atoms with Crippen LogP contribution in [0.3, 0.4) is 0 Å². The Hall–Kier alpha value is 0. The van der Waals surface area contributed by atoms with Crippen molar-refractivity contribution in [3.8, 4) is 0 Å². The highest BCUT2D eigenvalue weighted by Gasteiger charge is 1.99. The molecule has 0 aliphatic carbocycles. The van der Waals surface area contributed by atoms with Crippen molar-refractivity contribution >= 4 is 0 Å².